The molecule has 0 aliphatic heterocycles. The maximum absolute atomic E-state index is 13.8. The molecule has 0 amide bonds. The van der Waals surface area contributed by atoms with Crippen molar-refractivity contribution in [1.29, 1.82) is 0 Å². The maximum atomic E-state index is 13.8. The Bertz CT molecular complexity index is 533. The fourth-order valence-electron chi connectivity index (χ4n) is 2.13. The molecule has 102 valence electrons. The van der Waals surface area contributed by atoms with Crippen molar-refractivity contribution in [3.8, 4) is 0 Å². The van der Waals surface area contributed by atoms with E-state index < -0.39 is 0 Å². The Labute approximate surface area is 117 Å². The topological polar surface area (TPSA) is 25.2 Å². The van der Waals surface area contributed by atoms with Gasteiger partial charge < -0.3 is 9.73 Å². The minimum atomic E-state index is -0.268. The molecule has 1 aromatic carbocycles. The van der Waals surface area contributed by atoms with Gasteiger partial charge in [0.15, 0.2) is 0 Å². The summed E-state index contributed by atoms with van der Waals surface area (Å²) in [6, 6.07) is 6.72. The van der Waals surface area contributed by atoms with Crippen molar-refractivity contribution in [2.24, 2.45) is 0 Å². The molecule has 0 radical (unpaired) electrons. The van der Waals surface area contributed by atoms with Crippen LogP contribution in [-0.4, -0.2) is 6.54 Å². The van der Waals surface area contributed by atoms with Gasteiger partial charge in [-0.05, 0) is 38.1 Å². The van der Waals surface area contributed by atoms with Crippen LogP contribution in [0.2, 0.25) is 5.02 Å². The van der Waals surface area contributed by atoms with Gasteiger partial charge in [0.2, 0.25) is 0 Å². The fourth-order valence-corrected chi connectivity index (χ4v) is 2.37. The van der Waals surface area contributed by atoms with Crippen LogP contribution in [0, 0.1) is 12.7 Å². The highest BCUT2D eigenvalue weighted by atomic mass is 35.5. The van der Waals surface area contributed by atoms with Gasteiger partial charge >= 0.3 is 0 Å². The predicted octanol–water partition coefficient (Wildman–Crippen LogP) is 4.27. The van der Waals surface area contributed by atoms with Crippen molar-refractivity contribution in [2.45, 2.75) is 26.3 Å². The third-order valence-corrected chi connectivity index (χ3v) is 3.43. The summed E-state index contributed by atoms with van der Waals surface area (Å²) in [7, 11) is 0. The van der Waals surface area contributed by atoms with Gasteiger partial charge in [-0.3, -0.25) is 0 Å². The minimum Gasteiger partial charge on any atom is -0.469 e. The Kier molecular flexibility index (Phi) is 4.61. The summed E-state index contributed by atoms with van der Waals surface area (Å²) in [6.07, 6.45) is 2.20. The molecule has 0 aliphatic carbocycles. The number of likely N-dealkylation sites (N-methyl/N-ethyl adjacent to an activating group) is 1. The lowest BCUT2D eigenvalue weighted by molar-refractivity contribution is 0.504. The summed E-state index contributed by atoms with van der Waals surface area (Å²) in [4.78, 5) is 0. The number of halogens is 2. The third-order valence-electron chi connectivity index (χ3n) is 3.07. The SMILES string of the molecule is CCNC(Cc1c(F)cccc1Cl)c1coc(C)c1. The smallest absolute Gasteiger partial charge is 0.127 e. The summed E-state index contributed by atoms with van der Waals surface area (Å²) in [5, 5.41) is 3.79. The van der Waals surface area contributed by atoms with Gasteiger partial charge in [-0.25, -0.2) is 4.39 Å². The van der Waals surface area contributed by atoms with Gasteiger partial charge in [0.1, 0.15) is 11.6 Å². The Hall–Kier alpha value is -1.32. The monoisotopic (exact) mass is 281 g/mol. The molecule has 19 heavy (non-hydrogen) atoms. The van der Waals surface area contributed by atoms with Crippen LogP contribution in [0.1, 0.15) is 29.9 Å². The van der Waals surface area contributed by atoms with E-state index in [2.05, 4.69) is 5.32 Å². The molecule has 0 aliphatic rings. The van der Waals surface area contributed by atoms with Gasteiger partial charge in [-0.15, -0.1) is 0 Å². The highest BCUT2D eigenvalue weighted by Gasteiger charge is 2.17. The van der Waals surface area contributed by atoms with Gasteiger partial charge in [0.05, 0.1) is 6.26 Å². The largest absolute Gasteiger partial charge is 0.469 e. The number of furan rings is 1. The second kappa shape index (κ2) is 6.22. The summed E-state index contributed by atoms with van der Waals surface area (Å²) in [5.74, 6) is 0.577. The van der Waals surface area contributed by atoms with Crippen LogP contribution in [-0.2, 0) is 6.42 Å². The maximum Gasteiger partial charge on any atom is 0.127 e. The quantitative estimate of drug-likeness (QED) is 0.885. The molecule has 1 heterocycles. The molecule has 0 saturated carbocycles. The van der Waals surface area contributed by atoms with Crippen LogP contribution in [0.15, 0.2) is 34.9 Å². The van der Waals surface area contributed by atoms with Crippen molar-refractivity contribution >= 4 is 11.6 Å². The van der Waals surface area contributed by atoms with Crippen LogP contribution < -0.4 is 5.32 Å². The summed E-state index contributed by atoms with van der Waals surface area (Å²) < 4.78 is 19.2. The van der Waals surface area contributed by atoms with Crippen LogP contribution in [0.3, 0.4) is 0 Å². The number of hydrogen-bond acceptors (Lipinski definition) is 2. The number of rotatable bonds is 5. The second-order valence-corrected chi connectivity index (χ2v) is 4.91. The molecule has 1 N–H and O–H groups in total. The molecule has 0 fully saturated rings. The van der Waals surface area contributed by atoms with Gasteiger partial charge in [-0.2, -0.15) is 0 Å². The molecular weight excluding hydrogens is 265 g/mol. The highest BCUT2D eigenvalue weighted by Crippen LogP contribution is 2.26. The van der Waals surface area contributed by atoms with E-state index in [0.717, 1.165) is 17.9 Å². The normalized spacial score (nSPS) is 12.6. The molecule has 2 nitrogen and oxygen atoms in total. The van der Waals surface area contributed by atoms with Gasteiger partial charge in [-0.1, -0.05) is 24.6 Å². The minimum absolute atomic E-state index is 0.00292. The third kappa shape index (κ3) is 3.37. The molecule has 0 bridgehead atoms. The lowest BCUT2D eigenvalue weighted by Crippen LogP contribution is -2.23. The van der Waals surface area contributed by atoms with Crippen LogP contribution in [0.4, 0.5) is 4.39 Å². The van der Waals surface area contributed by atoms with Crippen LogP contribution >= 0.6 is 11.6 Å². The standard InChI is InChI=1S/C15H17ClFNO/c1-3-18-15(11-7-10(2)19-9-11)8-12-13(16)5-4-6-14(12)17/h4-7,9,15,18H,3,8H2,1-2H3. The second-order valence-electron chi connectivity index (χ2n) is 4.51. The Balaban J connectivity index is 2.26. The molecule has 2 rings (SSSR count). The average Bonchev–Trinajstić information content (AvgIpc) is 2.79. The van der Waals surface area contributed by atoms with Crippen molar-refractivity contribution in [3.05, 3.63) is 58.3 Å². The first-order valence-corrected chi connectivity index (χ1v) is 6.71. The zero-order valence-corrected chi connectivity index (χ0v) is 11.8. The van der Waals surface area contributed by atoms with Gasteiger partial charge in [0, 0.05) is 22.2 Å². The Morgan fingerprint density at radius 2 is 2.21 bits per heavy atom. The molecule has 0 spiro atoms. The van der Waals surface area contributed by atoms with Crippen LogP contribution in [0.25, 0.3) is 0 Å². The highest BCUT2D eigenvalue weighted by molar-refractivity contribution is 6.31. The zero-order chi connectivity index (χ0) is 13.8. The van der Waals surface area contributed by atoms with E-state index in [1.54, 1.807) is 18.4 Å². The predicted molar refractivity (Wildman–Crippen MR) is 75.0 cm³/mol. The Morgan fingerprint density at radius 1 is 1.42 bits per heavy atom. The first-order valence-electron chi connectivity index (χ1n) is 6.33. The lowest BCUT2D eigenvalue weighted by Gasteiger charge is -2.17. The number of nitrogens with one attached hydrogen (secondary N) is 1. The average molecular weight is 282 g/mol. The van der Waals surface area contributed by atoms with Gasteiger partial charge in [0.25, 0.3) is 0 Å². The van der Waals surface area contributed by atoms with Crippen molar-refractivity contribution in [3.63, 3.8) is 0 Å². The lowest BCUT2D eigenvalue weighted by atomic mass is 10.0. The van der Waals surface area contributed by atoms with E-state index in [9.17, 15) is 4.39 Å². The van der Waals surface area contributed by atoms with E-state index in [-0.39, 0.29) is 11.9 Å². The molecule has 1 unspecified atom stereocenters. The molecule has 1 atom stereocenters. The fraction of sp³-hybridized carbons (Fsp3) is 0.333. The number of benzene rings is 1. The molecule has 0 saturated heterocycles. The van der Waals surface area contributed by atoms with E-state index in [1.807, 2.05) is 19.9 Å². The molecule has 4 heteroatoms. The summed E-state index contributed by atoms with van der Waals surface area (Å²) >= 11 is 6.08. The van der Waals surface area contributed by atoms with Crippen LogP contribution in [0.5, 0.6) is 0 Å². The first-order chi connectivity index (χ1) is 9.11. The van der Waals surface area contributed by atoms with Crippen molar-refractivity contribution in [2.75, 3.05) is 6.54 Å². The van der Waals surface area contributed by atoms with Crippen molar-refractivity contribution in [1.82, 2.24) is 5.32 Å². The van der Waals surface area contributed by atoms with E-state index in [1.165, 1.54) is 6.07 Å². The molecule has 1 aromatic heterocycles. The number of hydrogen-bond donors (Lipinski definition) is 1. The van der Waals surface area contributed by atoms with E-state index in [0.29, 0.717) is 17.0 Å². The zero-order valence-electron chi connectivity index (χ0n) is 11.0. The first kappa shape index (κ1) is 14.1. The number of aryl methyl sites for hydroxylation is 1. The summed E-state index contributed by atoms with van der Waals surface area (Å²) in [5.41, 5.74) is 1.55. The molecular formula is C15H17ClFNO. The molecule has 2 aromatic rings. The van der Waals surface area contributed by atoms with Crippen molar-refractivity contribution < 1.29 is 8.81 Å². The van der Waals surface area contributed by atoms with E-state index in [4.69, 9.17) is 16.0 Å². The Morgan fingerprint density at radius 3 is 2.79 bits per heavy atom. The summed E-state index contributed by atoms with van der Waals surface area (Å²) in [6.45, 7) is 4.70. The van der Waals surface area contributed by atoms with E-state index >= 15 is 0 Å².